The zero-order valence-corrected chi connectivity index (χ0v) is 58.3. The summed E-state index contributed by atoms with van der Waals surface area (Å²) < 4.78 is 0. The van der Waals surface area contributed by atoms with Crippen LogP contribution in [-0.4, -0.2) is 15.2 Å². The van der Waals surface area contributed by atoms with Crippen LogP contribution in [0.3, 0.4) is 0 Å². The molecule has 2 N–H and O–H groups in total. The van der Waals surface area contributed by atoms with Crippen LogP contribution in [0.4, 0.5) is 5.69 Å². The number of hydrogen-bond acceptors (Lipinski definition) is 4. The third kappa shape index (κ3) is 12.1. The molecule has 0 radical (unpaired) electrons. The van der Waals surface area contributed by atoms with E-state index in [2.05, 4.69) is 360 Å². The van der Waals surface area contributed by atoms with Crippen molar-refractivity contribution in [2.75, 3.05) is 4.90 Å². The van der Waals surface area contributed by atoms with E-state index in [1.165, 1.54) is 22.3 Å². The normalized spacial score (nSPS) is 13.2. The summed E-state index contributed by atoms with van der Waals surface area (Å²) in [5.41, 5.74) is 20.0. The van der Waals surface area contributed by atoms with Gasteiger partial charge in [-0.05, 0) is 190 Å². The fourth-order valence-electron chi connectivity index (χ4n) is 14.7. The zero-order valence-electron chi connectivity index (χ0n) is 58.3. The average molecular weight is 1270 g/mol. The highest BCUT2D eigenvalue weighted by molar-refractivity contribution is 6.10. The first-order chi connectivity index (χ1) is 46.3. The number of nitrogens with zero attached hydrogens (tertiary/aromatic N) is 2. The van der Waals surface area contributed by atoms with Gasteiger partial charge in [0, 0.05) is 31.2 Å². The number of fused-ring (bicyclic) bond motifs is 7. The largest absolute Gasteiger partial charge is 0.376 e. The Morgan fingerprint density at radius 3 is 0.742 bits per heavy atom. The van der Waals surface area contributed by atoms with Gasteiger partial charge in [0.1, 0.15) is 11.2 Å². The minimum atomic E-state index is -1.70. The van der Waals surface area contributed by atoms with Crippen molar-refractivity contribution in [1.82, 2.24) is 4.98 Å². The lowest BCUT2D eigenvalue weighted by atomic mass is 9.72. The predicted octanol–water partition coefficient (Wildman–Crippen LogP) is 23.0. The van der Waals surface area contributed by atoms with Gasteiger partial charge in [-0.3, -0.25) is 4.98 Å². The fourth-order valence-corrected chi connectivity index (χ4v) is 14.7. The molecule has 1 aliphatic rings. The number of aliphatic hydroxyl groups is 2. The third-order valence-corrected chi connectivity index (χ3v) is 20.6. The lowest BCUT2D eigenvalue weighted by Crippen LogP contribution is -2.33. The van der Waals surface area contributed by atoms with E-state index in [9.17, 15) is 10.2 Å². The predicted molar refractivity (Wildman–Crippen MR) is 408 cm³/mol. The molecule has 0 saturated heterocycles. The first-order valence-corrected chi connectivity index (χ1v) is 34.4. The van der Waals surface area contributed by atoms with Crippen molar-refractivity contribution in [3.05, 3.63) is 346 Å². The third-order valence-electron chi connectivity index (χ3n) is 20.6. The van der Waals surface area contributed by atoms with Crippen LogP contribution in [-0.2, 0) is 46.0 Å². The van der Waals surface area contributed by atoms with Crippen molar-refractivity contribution < 1.29 is 10.2 Å². The topological polar surface area (TPSA) is 56.6 Å². The maximum absolute atomic E-state index is 14.9. The molecule has 2 heterocycles. The van der Waals surface area contributed by atoms with Crippen molar-refractivity contribution in [1.29, 1.82) is 0 Å². The highest BCUT2D eigenvalue weighted by Crippen LogP contribution is 2.53. The second-order valence-corrected chi connectivity index (χ2v) is 31.1. The van der Waals surface area contributed by atoms with Crippen LogP contribution in [0.1, 0.15) is 150 Å². The van der Waals surface area contributed by atoms with Crippen LogP contribution in [0.25, 0.3) is 77.2 Å². The monoisotopic (exact) mass is 1260 g/mol. The quantitative estimate of drug-likeness (QED) is 0.127. The number of aromatic nitrogens is 1. The standard InChI is InChI=1S/C93H88N2O2/c1-88(2,3)71-37-21-61(22-38-71)65-29-45-75(46-30-65)92(96,76-47-31-66(32-48-76)62-23-39-72(40-24-62)89(4,5)6)84-57-69-17-13-15-19-80(69)86-82(84)59-95(79-53-55-94-56-54-79)60-83-85(58-70-18-14-16-20-81(70)87(83)86)93(97,77-49-33-67(34-50-77)63-25-41-73(42-26-63)90(7,8)9)78-51-35-68(36-52-78)64-27-43-74(44-28-64)91(10,11)12/h13-58,96-97H,59-60H2,1-12H3. The van der Waals surface area contributed by atoms with Crippen LogP contribution in [0, 0.1) is 0 Å². The minimum absolute atomic E-state index is 0.0177. The van der Waals surface area contributed by atoms with Gasteiger partial charge in [0.25, 0.3) is 0 Å². The second kappa shape index (κ2) is 24.6. The first kappa shape index (κ1) is 64.4. The lowest BCUT2D eigenvalue weighted by Gasteiger charge is -2.35. The molecule has 12 aromatic carbocycles. The Hall–Kier alpha value is -9.97. The van der Waals surface area contributed by atoms with E-state index < -0.39 is 11.2 Å². The second-order valence-electron chi connectivity index (χ2n) is 31.1. The summed E-state index contributed by atoms with van der Waals surface area (Å²) in [5, 5.41) is 34.0. The number of hydrogen-bond donors (Lipinski definition) is 2. The molecular weight excluding hydrogens is 1180 g/mol. The summed E-state index contributed by atoms with van der Waals surface area (Å²) in [6.07, 6.45) is 3.73. The average Bonchev–Trinajstić information content (AvgIpc) is 1.70. The molecular formula is C93H88N2O2. The van der Waals surface area contributed by atoms with Crippen LogP contribution < -0.4 is 4.90 Å². The Bertz CT molecular complexity index is 4500. The molecule has 1 aliphatic heterocycles. The van der Waals surface area contributed by atoms with Crippen molar-refractivity contribution in [2.24, 2.45) is 0 Å². The van der Waals surface area contributed by atoms with Crippen LogP contribution in [0.5, 0.6) is 0 Å². The van der Waals surface area contributed by atoms with Crippen LogP contribution in [0.2, 0.25) is 0 Å². The molecule has 97 heavy (non-hydrogen) atoms. The van der Waals surface area contributed by atoms with Gasteiger partial charge in [0.05, 0.1) is 0 Å². The highest BCUT2D eigenvalue weighted by atomic mass is 16.3. The molecule has 0 saturated carbocycles. The van der Waals surface area contributed by atoms with Gasteiger partial charge in [-0.1, -0.05) is 326 Å². The van der Waals surface area contributed by atoms with Gasteiger partial charge in [0.2, 0.25) is 0 Å². The molecule has 0 spiro atoms. The number of rotatable bonds is 11. The summed E-state index contributed by atoms with van der Waals surface area (Å²) in [4.78, 5) is 7.00. The van der Waals surface area contributed by atoms with Gasteiger partial charge in [-0.25, -0.2) is 0 Å². The summed E-state index contributed by atoms with van der Waals surface area (Å²) in [6, 6.07) is 96.0. The van der Waals surface area contributed by atoms with E-state index in [4.69, 9.17) is 0 Å². The van der Waals surface area contributed by atoms with Gasteiger partial charge < -0.3 is 15.1 Å². The highest BCUT2D eigenvalue weighted by Gasteiger charge is 2.43. The molecule has 0 amide bonds. The van der Waals surface area contributed by atoms with E-state index in [-0.39, 0.29) is 21.7 Å². The maximum Gasteiger partial charge on any atom is 0.140 e. The SMILES string of the molecule is CC(C)(C)c1ccc(-c2ccc(C(O)(c3ccc(-c4ccc(C(C)(C)C)cc4)cc3)c3cc4ccccc4c4c3CN(c3ccncc3)Cc3c(C(O)(c5ccc(-c6ccc(C(C)(C)C)cc6)cc5)c5ccc(-c6ccc(C(C)(C)C)cc6)cc5)cc5ccccc5c3-4)cc2)cc1. The molecule has 13 aromatic rings. The zero-order chi connectivity index (χ0) is 67.8. The fraction of sp³-hybridized carbons (Fsp3) is 0.215. The summed E-state index contributed by atoms with van der Waals surface area (Å²) in [5.74, 6) is 0. The number of benzene rings is 12. The molecule has 4 nitrogen and oxygen atoms in total. The molecule has 0 bridgehead atoms. The molecule has 0 atom stereocenters. The van der Waals surface area contributed by atoms with E-state index in [1.807, 2.05) is 12.4 Å². The summed E-state index contributed by atoms with van der Waals surface area (Å²) >= 11 is 0. The van der Waals surface area contributed by atoms with Gasteiger partial charge in [-0.2, -0.15) is 0 Å². The van der Waals surface area contributed by atoms with Gasteiger partial charge in [0.15, 0.2) is 0 Å². The van der Waals surface area contributed by atoms with E-state index in [0.29, 0.717) is 13.1 Å². The van der Waals surface area contributed by atoms with E-state index in [0.717, 1.165) is 127 Å². The summed E-state index contributed by atoms with van der Waals surface area (Å²) in [7, 11) is 0. The Morgan fingerprint density at radius 2 is 0.505 bits per heavy atom. The molecule has 0 unspecified atom stereocenters. The number of pyridine rings is 1. The Labute approximate surface area is 574 Å². The number of anilines is 1. The minimum Gasteiger partial charge on any atom is -0.376 e. The Kier molecular flexibility index (Phi) is 16.3. The van der Waals surface area contributed by atoms with Gasteiger partial charge >= 0.3 is 0 Å². The lowest BCUT2D eigenvalue weighted by molar-refractivity contribution is 0.125. The van der Waals surface area contributed by atoms with Crippen LogP contribution >= 0.6 is 0 Å². The van der Waals surface area contributed by atoms with Crippen molar-refractivity contribution in [3.8, 4) is 55.6 Å². The molecule has 0 aliphatic carbocycles. The maximum atomic E-state index is 14.9. The Morgan fingerprint density at radius 1 is 0.278 bits per heavy atom. The first-order valence-electron chi connectivity index (χ1n) is 34.4. The molecule has 1 aromatic heterocycles. The smallest absolute Gasteiger partial charge is 0.140 e. The van der Waals surface area contributed by atoms with Crippen molar-refractivity contribution >= 4 is 27.2 Å². The summed E-state index contributed by atoms with van der Waals surface area (Å²) in [6.45, 7) is 27.8. The molecule has 4 heteroatoms. The molecule has 14 rings (SSSR count). The molecule has 0 fully saturated rings. The Balaban J connectivity index is 1.03. The van der Waals surface area contributed by atoms with E-state index in [1.54, 1.807) is 0 Å². The van der Waals surface area contributed by atoms with E-state index >= 15 is 0 Å². The van der Waals surface area contributed by atoms with Crippen LogP contribution in [0.15, 0.2) is 279 Å². The van der Waals surface area contributed by atoms with Crippen molar-refractivity contribution in [3.63, 3.8) is 0 Å². The molecule has 482 valence electrons. The van der Waals surface area contributed by atoms with Crippen molar-refractivity contribution in [2.45, 2.75) is 129 Å². The van der Waals surface area contributed by atoms with Gasteiger partial charge in [-0.15, -0.1) is 0 Å².